The largest absolute Gasteiger partial charge is 0.486 e. The lowest BCUT2D eigenvalue weighted by molar-refractivity contribution is -0.122. The monoisotopic (exact) mass is 312 g/mol. The molecule has 1 heterocycles. The molecule has 3 N–H and O–H groups in total. The predicted molar refractivity (Wildman–Crippen MR) is 87.4 cm³/mol. The highest BCUT2D eigenvalue weighted by Crippen LogP contribution is 2.30. The molecule has 3 rings (SSSR count). The van der Waals surface area contributed by atoms with Crippen LogP contribution in [0.5, 0.6) is 11.5 Å². The van der Waals surface area contributed by atoms with Gasteiger partial charge in [-0.1, -0.05) is 36.4 Å². The topological polar surface area (TPSA) is 73.6 Å². The second kappa shape index (κ2) is 7.15. The Hall–Kier alpha value is -2.53. The maximum Gasteiger partial charge on any atom is 0.237 e. The average Bonchev–Trinajstić information content (AvgIpc) is 2.60. The summed E-state index contributed by atoms with van der Waals surface area (Å²) in [5.74, 6) is 1.30. The predicted octanol–water partition coefficient (Wildman–Crippen LogP) is 1.64. The van der Waals surface area contributed by atoms with E-state index in [0.717, 1.165) is 22.6 Å². The molecule has 1 atom stereocenters. The van der Waals surface area contributed by atoms with Gasteiger partial charge in [0.1, 0.15) is 13.2 Å². The molecule has 1 aliphatic rings. The first-order valence-electron chi connectivity index (χ1n) is 7.68. The molecule has 5 nitrogen and oxygen atoms in total. The van der Waals surface area contributed by atoms with Crippen LogP contribution in [-0.2, 0) is 17.8 Å². The average molecular weight is 312 g/mol. The summed E-state index contributed by atoms with van der Waals surface area (Å²) in [6.45, 7) is 1.53. The number of hydrogen-bond donors (Lipinski definition) is 2. The van der Waals surface area contributed by atoms with E-state index in [1.807, 2.05) is 48.5 Å². The fourth-order valence-corrected chi connectivity index (χ4v) is 2.48. The first-order chi connectivity index (χ1) is 11.2. The summed E-state index contributed by atoms with van der Waals surface area (Å²) in [5, 5.41) is 2.87. The van der Waals surface area contributed by atoms with Crippen LogP contribution in [0.4, 0.5) is 0 Å². The van der Waals surface area contributed by atoms with Gasteiger partial charge in [-0.2, -0.15) is 0 Å². The molecular weight excluding hydrogens is 292 g/mol. The molecule has 2 aromatic rings. The van der Waals surface area contributed by atoms with Gasteiger partial charge in [0.2, 0.25) is 5.91 Å². The molecule has 0 saturated heterocycles. The van der Waals surface area contributed by atoms with E-state index >= 15 is 0 Å². The van der Waals surface area contributed by atoms with Crippen LogP contribution in [0.3, 0.4) is 0 Å². The van der Waals surface area contributed by atoms with Gasteiger partial charge >= 0.3 is 0 Å². The van der Waals surface area contributed by atoms with Crippen molar-refractivity contribution >= 4 is 5.91 Å². The summed E-state index contributed by atoms with van der Waals surface area (Å²) in [5.41, 5.74) is 7.97. The Morgan fingerprint density at radius 2 is 1.78 bits per heavy atom. The molecule has 0 aliphatic carbocycles. The van der Waals surface area contributed by atoms with Gasteiger partial charge in [-0.15, -0.1) is 0 Å². The SMILES string of the molecule is NC(Cc1ccccc1)C(=O)NCc1ccc2c(c1)OCCO2. The summed E-state index contributed by atoms with van der Waals surface area (Å²) >= 11 is 0. The van der Waals surface area contributed by atoms with E-state index in [4.69, 9.17) is 15.2 Å². The number of hydrogen-bond acceptors (Lipinski definition) is 4. The van der Waals surface area contributed by atoms with Crippen molar-refractivity contribution in [1.29, 1.82) is 0 Å². The Labute approximate surface area is 135 Å². The minimum absolute atomic E-state index is 0.163. The molecule has 1 unspecified atom stereocenters. The van der Waals surface area contributed by atoms with Gasteiger partial charge in [0.15, 0.2) is 11.5 Å². The first kappa shape index (κ1) is 15.4. The Bertz CT molecular complexity index is 673. The zero-order valence-electron chi connectivity index (χ0n) is 12.8. The van der Waals surface area contributed by atoms with Crippen molar-refractivity contribution in [3.8, 4) is 11.5 Å². The second-order valence-corrected chi connectivity index (χ2v) is 5.49. The van der Waals surface area contributed by atoms with Crippen molar-refractivity contribution in [1.82, 2.24) is 5.32 Å². The van der Waals surface area contributed by atoms with Crippen LogP contribution in [0.1, 0.15) is 11.1 Å². The van der Waals surface area contributed by atoms with Crippen LogP contribution in [0, 0.1) is 0 Å². The molecule has 0 saturated carbocycles. The lowest BCUT2D eigenvalue weighted by Gasteiger charge is -2.19. The third kappa shape index (κ3) is 4.02. The third-order valence-electron chi connectivity index (χ3n) is 3.71. The highest BCUT2D eigenvalue weighted by atomic mass is 16.6. The Kier molecular flexibility index (Phi) is 4.78. The fraction of sp³-hybridized carbons (Fsp3) is 0.278. The van der Waals surface area contributed by atoms with Crippen LogP contribution in [0.15, 0.2) is 48.5 Å². The Balaban J connectivity index is 1.54. The summed E-state index contributed by atoms with van der Waals surface area (Å²) in [7, 11) is 0. The number of nitrogens with two attached hydrogens (primary N) is 1. The summed E-state index contributed by atoms with van der Waals surface area (Å²) in [6, 6.07) is 14.9. The van der Waals surface area contributed by atoms with Crippen molar-refractivity contribution in [3.05, 3.63) is 59.7 Å². The zero-order chi connectivity index (χ0) is 16.1. The number of ether oxygens (including phenoxy) is 2. The van der Waals surface area contributed by atoms with E-state index in [0.29, 0.717) is 26.2 Å². The number of amides is 1. The number of rotatable bonds is 5. The van der Waals surface area contributed by atoms with Gasteiger partial charge in [0.05, 0.1) is 6.04 Å². The molecule has 23 heavy (non-hydrogen) atoms. The molecule has 0 bridgehead atoms. The highest BCUT2D eigenvalue weighted by Gasteiger charge is 2.15. The minimum Gasteiger partial charge on any atom is -0.486 e. The lowest BCUT2D eigenvalue weighted by Crippen LogP contribution is -2.41. The van der Waals surface area contributed by atoms with Gasteiger partial charge in [0, 0.05) is 6.54 Å². The third-order valence-corrected chi connectivity index (χ3v) is 3.71. The minimum atomic E-state index is -0.561. The van der Waals surface area contributed by atoms with Crippen LogP contribution >= 0.6 is 0 Å². The molecule has 0 aromatic heterocycles. The van der Waals surface area contributed by atoms with Crippen molar-refractivity contribution in [3.63, 3.8) is 0 Å². The Morgan fingerprint density at radius 1 is 1.04 bits per heavy atom. The lowest BCUT2D eigenvalue weighted by atomic mass is 10.1. The molecular formula is C18H20N2O3. The first-order valence-corrected chi connectivity index (χ1v) is 7.68. The van der Waals surface area contributed by atoms with E-state index in [2.05, 4.69) is 5.32 Å². The van der Waals surface area contributed by atoms with E-state index < -0.39 is 6.04 Å². The molecule has 1 aliphatic heterocycles. The number of carbonyl (C=O) groups excluding carboxylic acids is 1. The molecule has 0 fully saturated rings. The van der Waals surface area contributed by atoms with E-state index in [9.17, 15) is 4.79 Å². The van der Waals surface area contributed by atoms with Crippen molar-refractivity contribution in [2.75, 3.05) is 13.2 Å². The molecule has 0 spiro atoms. The quantitative estimate of drug-likeness (QED) is 0.880. The van der Waals surface area contributed by atoms with Gasteiger partial charge in [-0.3, -0.25) is 4.79 Å². The molecule has 1 amide bonds. The van der Waals surface area contributed by atoms with E-state index in [1.165, 1.54) is 0 Å². The van der Waals surface area contributed by atoms with Gasteiger partial charge in [-0.05, 0) is 29.7 Å². The van der Waals surface area contributed by atoms with Crippen molar-refractivity contribution < 1.29 is 14.3 Å². The van der Waals surface area contributed by atoms with Gasteiger partial charge in [-0.25, -0.2) is 0 Å². The second-order valence-electron chi connectivity index (χ2n) is 5.49. The van der Waals surface area contributed by atoms with Crippen LogP contribution in [0.25, 0.3) is 0 Å². The summed E-state index contributed by atoms with van der Waals surface area (Å²) in [6.07, 6.45) is 0.522. The maximum atomic E-state index is 12.1. The number of fused-ring (bicyclic) bond motifs is 1. The Morgan fingerprint density at radius 3 is 2.57 bits per heavy atom. The van der Waals surface area contributed by atoms with Crippen molar-refractivity contribution in [2.45, 2.75) is 19.0 Å². The highest BCUT2D eigenvalue weighted by molar-refractivity contribution is 5.81. The molecule has 5 heteroatoms. The fourth-order valence-electron chi connectivity index (χ4n) is 2.48. The molecule has 2 aromatic carbocycles. The van der Waals surface area contributed by atoms with E-state index in [-0.39, 0.29) is 5.91 Å². The van der Waals surface area contributed by atoms with Gasteiger partial charge < -0.3 is 20.5 Å². The molecule has 120 valence electrons. The van der Waals surface area contributed by atoms with Gasteiger partial charge in [0.25, 0.3) is 0 Å². The smallest absolute Gasteiger partial charge is 0.237 e. The normalized spacial score (nSPS) is 14.1. The van der Waals surface area contributed by atoms with Crippen LogP contribution in [0.2, 0.25) is 0 Å². The van der Waals surface area contributed by atoms with Crippen molar-refractivity contribution in [2.24, 2.45) is 5.73 Å². The standard InChI is InChI=1S/C18H20N2O3/c19-15(10-13-4-2-1-3-5-13)18(21)20-12-14-6-7-16-17(11-14)23-9-8-22-16/h1-7,11,15H,8-10,12,19H2,(H,20,21). The summed E-state index contributed by atoms with van der Waals surface area (Å²) in [4.78, 5) is 12.1. The van der Waals surface area contributed by atoms with E-state index in [1.54, 1.807) is 0 Å². The van der Waals surface area contributed by atoms with Crippen LogP contribution < -0.4 is 20.5 Å². The number of benzene rings is 2. The molecule has 0 radical (unpaired) electrons. The number of nitrogens with one attached hydrogen (secondary N) is 1. The summed E-state index contributed by atoms with van der Waals surface area (Å²) < 4.78 is 11.0. The number of carbonyl (C=O) groups is 1. The van der Waals surface area contributed by atoms with Crippen LogP contribution in [-0.4, -0.2) is 25.2 Å². The zero-order valence-corrected chi connectivity index (χ0v) is 12.8. The maximum absolute atomic E-state index is 12.1.